The minimum absolute atomic E-state index is 0.137. The second kappa shape index (κ2) is 7.29. The van der Waals surface area contributed by atoms with E-state index in [1.807, 2.05) is 47.1 Å². The maximum absolute atomic E-state index is 12.9. The topological polar surface area (TPSA) is 50.6 Å². The molecule has 3 heterocycles. The molecule has 26 heavy (non-hydrogen) atoms. The molecule has 0 N–H and O–H groups in total. The number of amides is 1. The molecule has 1 aromatic carbocycles. The van der Waals surface area contributed by atoms with Crippen LogP contribution in [0.15, 0.2) is 30.6 Å². The van der Waals surface area contributed by atoms with Gasteiger partial charge in [0.05, 0.1) is 23.6 Å². The summed E-state index contributed by atoms with van der Waals surface area (Å²) in [5, 5.41) is 0.698. The highest BCUT2D eigenvalue weighted by atomic mass is 35.5. The van der Waals surface area contributed by atoms with Crippen LogP contribution in [0.2, 0.25) is 5.02 Å². The van der Waals surface area contributed by atoms with Gasteiger partial charge in [-0.15, -0.1) is 0 Å². The second-order valence-electron chi connectivity index (χ2n) is 6.96. The van der Waals surface area contributed by atoms with Crippen molar-refractivity contribution in [2.45, 2.75) is 18.9 Å². The van der Waals surface area contributed by atoms with Crippen molar-refractivity contribution >= 4 is 17.5 Å². The Morgan fingerprint density at radius 2 is 2.08 bits per heavy atom. The largest absolute Gasteiger partial charge is 0.492 e. The molecule has 1 saturated heterocycles. The molecule has 2 aliphatic rings. The van der Waals surface area contributed by atoms with Gasteiger partial charge in [-0.3, -0.25) is 9.69 Å². The first-order valence-electron chi connectivity index (χ1n) is 9.01. The lowest BCUT2D eigenvalue weighted by atomic mass is 9.95. The number of fused-ring (bicyclic) bond motifs is 1. The number of hydrogen-bond donors (Lipinski definition) is 0. The number of hydrogen-bond acceptors (Lipinski definition) is 4. The number of carbonyl (C=O) groups is 1. The molecule has 0 saturated carbocycles. The smallest absolute Gasteiger partial charge is 0.233 e. The first-order chi connectivity index (χ1) is 12.6. The molecule has 2 aliphatic heterocycles. The maximum Gasteiger partial charge on any atom is 0.233 e. The van der Waals surface area contributed by atoms with Gasteiger partial charge in [-0.25, -0.2) is 4.98 Å². The number of carbonyl (C=O) groups excluding carboxylic acids is 1. The zero-order chi connectivity index (χ0) is 18.1. The Kier molecular flexibility index (Phi) is 4.87. The van der Waals surface area contributed by atoms with Gasteiger partial charge in [0.25, 0.3) is 0 Å². The second-order valence-corrected chi connectivity index (χ2v) is 7.39. The third-order valence-electron chi connectivity index (χ3n) is 5.16. The minimum Gasteiger partial charge on any atom is -0.492 e. The van der Waals surface area contributed by atoms with E-state index in [1.54, 1.807) is 0 Å². The Morgan fingerprint density at radius 3 is 2.77 bits per heavy atom. The first-order valence-corrected chi connectivity index (χ1v) is 9.39. The molecular formula is C19H23ClN4O2. The van der Waals surface area contributed by atoms with Gasteiger partial charge in [0, 0.05) is 44.8 Å². The van der Waals surface area contributed by atoms with Crippen LogP contribution in [-0.2, 0) is 18.4 Å². The third-order valence-corrected chi connectivity index (χ3v) is 5.41. The summed E-state index contributed by atoms with van der Waals surface area (Å²) in [6.07, 6.45) is 2.92. The molecule has 1 fully saturated rings. The highest BCUT2D eigenvalue weighted by molar-refractivity contribution is 6.30. The Bertz CT molecular complexity index is 785. The zero-order valence-electron chi connectivity index (χ0n) is 14.9. The molecule has 0 aliphatic carbocycles. The van der Waals surface area contributed by atoms with Crippen molar-refractivity contribution < 1.29 is 9.53 Å². The molecular weight excluding hydrogens is 352 g/mol. The summed E-state index contributed by atoms with van der Waals surface area (Å²) in [6, 6.07) is 7.37. The normalized spacial score (nSPS) is 19.8. The third kappa shape index (κ3) is 3.44. The fourth-order valence-corrected chi connectivity index (χ4v) is 3.75. The number of aryl methyl sites for hydroxylation is 1. The van der Waals surface area contributed by atoms with E-state index in [4.69, 9.17) is 16.3 Å². The zero-order valence-corrected chi connectivity index (χ0v) is 15.7. The summed E-state index contributed by atoms with van der Waals surface area (Å²) in [5.41, 5.74) is 2.07. The predicted octanol–water partition coefficient (Wildman–Crippen LogP) is 2.28. The fraction of sp³-hybridized carbons (Fsp3) is 0.474. The quantitative estimate of drug-likeness (QED) is 0.805. The van der Waals surface area contributed by atoms with Crippen molar-refractivity contribution in [1.82, 2.24) is 19.4 Å². The molecule has 2 aromatic rings. The van der Waals surface area contributed by atoms with Crippen LogP contribution in [0.25, 0.3) is 0 Å². The SMILES string of the molecule is Cn1cnc2c1C(C(=O)N1CCC1)CN(CCOc1ccc(Cl)cc1)C2. The Balaban J connectivity index is 1.41. The number of likely N-dealkylation sites (tertiary alicyclic amines) is 1. The molecule has 138 valence electrons. The van der Waals surface area contributed by atoms with Gasteiger partial charge in [0.15, 0.2) is 0 Å². The fourth-order valence-electron chi connectivity index (χ4n) is 3.62. The van der Waals surface area contributed by atoms with Crippen LogP contribution in [0, 0.1) is 0 Å². The van der Waals surface area contributed by atoms with Crippen LogP contribution in [0.4, 0.5) is 0 Å². The summed E-state index contributed by atoms with van der Waals surface area (Å²) in [5.74, 6) is 0.893. The van der Waals surface area contributed by atoms with Gasteiger partial charge < -0.3 is 14.2 Å². The Hall–Kier alpha value is -2.05. The van der Waals surface area contributed by atoms with Gasteiger partial charge in [0.1, 0.15) is 12.4 Å². The van der Waals surface area contributed by atoms with E-state index in [0.717, 1.165) is 49.7 Å². The van der Waals surface area contributed by atoms with Gasteiger partial charge in [-0.05, 0) is 30.7 Å². The van der Waals surface area contributed by atoms with E-state index in [9.17, 15) is 4.79 Å². The molecule has 1 amide bonds. The van der Waals surface area contributed by atoms with Crippen LogP contribution in [0.1, 0.15) is 23.7 Å². The van der Waals surface area contributed by atoms with Gasteiger partial charge in [0.2, 0.25) is 5.91 Å². The molecule has 0 radical (unpaired) electrons. The van der Waals surface area contributed by atoms with Crippen molar-refractivity contribution in [2.75, 3.05) is 32.8 Å². The lowest BCUT2D eigenvalue weighted by molar-refractivity contribution is -0.137. The average Bonchev–Trinajstić information content (AvgIpc) is 2.96. The van der Waals surface area contributed by atoms with Crippen molar-refractivity contribution in [3.63, 3.8) is 0 Å². The number of nitrogens with zero attached hydrogens (tertiary/aromatic N) is 4. The molecule has 1 atom stereocenters. The number of ether oxygens (including phenoxy) is 1. The Labute approximate surface area is 158 Å². The number of benzene rings is 1. The van der Waals surface area contributed by atoms with E-state index >= 15 is 0 Å². The Morgan fingerprint density at radius 1 is 1.31 bits per heavy atom. The van der Waals surface area contributed by atoms with Crippen LogP contribution < -0.4 is 4.74 Å². The molecule has 4 rings (SSSR count). The molecule has 6 nitrogen and oxygen atoms in total. The molecule has 0 spiro atoms. The van der Waals surface area contributed by atoms with Crippen molar-refractivity contribution in [2.24, 2.45) is 7.05 Å². The van der Waals surface area contributed by atoms with Gasteiger partial charge >= 0.3 is 0 Å². The summed E-state index contributed by atoms with van der Waals surface area (Å²) < 4.78 is 7.81. The van der Waals surface area contributed by atoms with E-state index in [2.05, 4.69) is 9.88 Å². The van der Waals surface area contributed by atoms with Crippen LogP contribution in [0.5, 0.6) is 5.75 Å². The van der Waals surface area contributed by atoms with Crippen LogP contribution in [-0.4, -0.2) is 58.0 Å². The number of imidazole rings is 1. The van der Waals surface area contributed by atoms with E-state index in [0.29, 0.717) is 18.2 Å². The summed E-state index contributed by atoms with van der Waals surface area (Å²) >= 11 is 5.90. The van der Waals surface area contributed by atoms with Crippen molar-refractivity contribution in [3.05, 3.63) is 47.0 Å². The summed E-state index contributed by atoms with van der Waals surface area (Å²) in [7, 11) is 1.97. The van der Waals surface area contributed by atoms with E-state index in [1.165, 1.54) is 0 Å². The highest BCUT2D eigenvalue weighted by Crippen LogP contribution is 2.30. The average molecular weight is 375 g/mol. The molecule has 1 unspecified atom stereocenters. The van der Waals surface area contributed by atoms with Gasteiger partial charge in [-0.2, -0.15) is 0 Å². The van der Waals surface area contributed by atoms with Crippen LogP contribution >= 0.6 is 11.6 Å². The maximum atomic E-state index is 12.9. The monoisotopic (exact) mass is 374 g/mol. The standard InChI is InChI=1S/C19H23ClN4O2/c1-22-13-21-17-12-23(9-10-26-15-5-3-14(20)4-6-15)11-16(18(17)22)19(25)24-7-2-8-24/h3-6,13,16H,2,7-12H2,1H3. The highest BCUT2D eigenvalue weighted by Gasteiger charge is 2.37. The van der Waals surface area contributed by atoms with Crippen molar-refractivity contribution in [3.8, 4) is 5.75 Å². The number of rotatable bonds is 5. The van der Waals surface area contributed by atoms with E-state index in [-0.39, 0.29) is 11.8 Å². The molecule has 0 bridgehead atoms. The minimum atomic E-state index is -0.137. The lowest BCUT2D eigenvalue weighted by Gasteiger charge is -2.38. The van der Waals surface area contributed by atoms with Crippen molar-refractivity contribution in [1.29, 1.82) is 0 Å². The summed E-state index contributed by atoms with van der Waals surface area (Å²) in [6.45, 7) is 4.54. The lowest BCUT2D eigenvalue weighted by Crippen LogP contribution is -2.49. The van der Waals surface area contributed by atoms with Crippen LogP contribution in [0.3, 0.4) is 0 Å². The first kappa shape index (κ1) is 17.4. The molecule has 1 aromatic heterocycles. The molecule has 7 heteroatoms. The number of aromatic nitrogens is 2. The summed E-state index contributed by atoms with van der Waals surface area (Å²) in [4.78, 5) is 21.6. The van der Waals surface area contributed by atoms with Gasteiger partial charge in [-0.1, -0.05) is 11.6 Å². The predicted molar refractivity (Wildman–Crippen MR) is 99.4 cm³/mol. The number of halogens is 1. The van der Waals surface area contributed by atoms with E-state index < -0.39 is 0 Å².